The monoisotopic (exact) mass is 415 g/mol. The maximum Gasteiger partial charge on any atom is 0.191 e. The average Bonchev–Trinajstić information content (AvgIpc) is 3.09. The van der Waals surface area contributed by atoms with Crippen molar-refractivity contribution in [3.63, 3.8) is 0 Å². The van der Waals surface area contributed by atoms with Crippen LogP contribution in [0.4, 0.5) is 0 Å². The van der Waals surface area contributed by atoms with Crippen LogP contribution in [-0.4, -0.2) is 38.3 Å². The third kappa shape index (κ3) is 5.16. The molecule has 0 radical (unpaired) electrons. The van der Waals surface area contributed by atoms with Gasteiger partial charge in [-0.15, -0.1) is 16.8 Å². The fourth-order valence-electron chi connectivity index (χ4n) is 2.62. The number of benzene rings is 2. The SMILES string of the molecule is C=CCn1c(SC[C@@H](O)COc2ccccc2C)nnc1-c1ccc(Cl)cc1. The number of thioether (sulfide) groups is 1. The minimum absolute atomic E-state index is 0.220. The van der Waals surface area contributed by atoms with Crippen LogP contribution in [0.15, 0.2) is 66.3 Å². The summed E-state index contributed by atoms with van der Waals surface area (Å²) in [6.45, 7) is 6.59. The van der Waals surface area contributed by atoms with Crippen molar-refractivity contribution in [2.45, 2.75) is 24.7 Å². The number of hydrogen-bond acceptors (Lipinski definition) is 5. The van der Waals surface area contributed by atoms with Gasteiger partial charge in [-0.25, -0.2) is 0 Å². The van der Waals surface area contributed by atoms with Crippen molar-refractivity contribution in [2.75, 3.05) is 12.4 Å². The molecule has 7 heteroatoms. The number of rotatable bonds is 9. The van der Waals surface area contributed by atoms with E-state index < -0.39 is 6.10 Å². The first-order valence-corrected chi connectivity index (χ1v) is 10.2. The number of aromatic nitrogens is 3. The van der Waals surface area contributed by atoms with Crippen LogP contribution < -0.4 is 4.74 Å². The van der Waals surface area contributed by atoms with E-state index >= 15 is 0 Å². The predicted octanol–water partition coefficient (Wildman–Crippen LogP) is 4.62. The molecule has 0 spiro atoms. The lowest BCUT2D eigenvalue weighted by Gasteiger charge is -2.14. The summed E-state index contributed by atoms with van der Waals surface area (Å²) < 4.78 is 7.68. The van der Waals surface area contributed by atoms with Crippen molar-refractivity contribution >= 4 is 23.4 Å². The number of hydrogen-bond donors (Lipinski definition) is 1. The Balaban J connectivity index is 1.64. The van der Waals surface area contributed by atoms with Crippen LogP contribution in [0.2, 0.25) is 5.02 Å². The summed E-state index contributed by atoms with van der Waals surface area (Å²) in [4.78, 5) is 0. The second-order valence-electron chi connectivity index (χ2n) is 6.25. The van der Waals surface area contributed by atoms with Crippen molar-refractivity contribution in [1.29, 1.82) is 0 Å². The van der Waals surface area contributed by atoms with Gasteiger partial charge in [-0.05, 0) is 42.8 Å². The lowest BCUT2D eigenvalue weighted by atomic mass is 10.2. The topological polar surface area (TPSA) is 60.2 Å². The molecule has 1 atom stereocenters. The first kappa shape index (κ1) is 20.5. The largest absolute Gasteiger partial charge is 0.491 e. The fourth-order valence-corrected chi connectivity index (χ4v) is 3.60. The predicted molar refractivity (Wildman–Crippen MR) is 114 cm³/mol. The van der Waals surface area contributed by atoms with Crippen LogP contribution in [0, 0.1) is 6.92 Å². The van der Waals surface area contributed by atoms with Crippen LogP contribution in [0.1, 0.15) is 5.56 Å². The molecule has 0 fully saturated rings. The van der Waals surface area contributed by atoms with Crippen LogP contribution >= 0.6 is 23.4 Å². The maximum absolute atomic E-state index is 10.3. The van der Waals surface area contributed by atoms with E-state index in [1.807, 2.05) is 60.0 Å². The summed E-state index contributed by atoms with van der Waals surface area (Å²) in [6.07, 6.45) is 1.17. The normalized spacial score (nSPS) is 12.0. The van der Waals surface area contributed by atoms with Gasteiger partial charge in [-0.1, -0.05) is 47.6 Å². The first-order valence-electron chi connectivity index (χ1n) is 8.88. The molecule has 0 aliphatic carbocycles. The van der Waals surface area contributed by atoms with E-state index in [1.54, 1.807) is 6.08 Å². The number of aliphatic hydroxyl groups excluding tert-OH is 1. The second kappa shape index (κ2) is 9.78. The van der Waals surface area contributed by atoms with Gasteiger partial charge in [0.25, 0.3) is 0 Å². The Morgan fingerprint density at radius 3 is 2.68 bits per heavy atom. The standard InChI is InChI=1S/C21H22ClN3O2S/c1-3-12-25-20(16-8-10-17(22)11-9-16)23-24-21(25)28-14-18(26)13-27-19-7-5-4-6-15(19)2/h3-11,18,26H,1,12-14H2,2H3/t18-/m0/s1. The number of nitrogens with zero attached hydrogens (tertiary/aromatic N) is 3. The molecule has 0 amide bonds. The quantitative estimate of drug-likeness (QED) is 0.408. The Morgan fingerprint density at radius 2 is 1.96 bits per heavy atom. The number of aliphatic hydroxyl groups is 1. The molecule has 3 aromatic rings. The molecule has 146 valence electrons. The van der Waals surface area contributed by atoms with E-state index in [9.17, 15) is 5.11 Å². The highest BCUT2D eigenvalue weighted by Crippen LogP contribution is 2.26. The van der Waals surface area contributed by atoms with E-state index in [4.69, 9.17) is 16.3 Å². The van der Waals surface area contributed by atoms with Gasteiger partial charge in [0.2, 0.25) is 0 Å². The minimum atomic E-state index is -0.627. The lowest BCUT2D eigenvalue weighted by Crippen LogP contribution is -2.20. The molecule has 1 heterocycles. The zero-order valence-electron chi connectivity index (χ0n) is 15.6. The van der Waals surface area contributed by atoms with E-state index in [0.717, 1.165) is 27.9 Å². The summed E-state index contributed by atoms with van der Waals surface area (Å²) in [5.74, 6) is 1.97. The van der Waals surface area contributed by atoms with Gasteiger partial charge in [0.1, 0.15) is 12.4 Å². The molecular weight excluding hydrogens is 394 g/mol. The number of aryl methyl sites for hydroxylation is 1. The molecule has 2 aromatic carbocycles. The Kier molecular flexibility index (Phi) is 7.14. The zero-order valence-corrected chi connectivity index (χ0v) is 17.2. The van der Waals surface area contributed by atoms with Crippen molar-refractivity contribution in [2.24, 2.45) is 0 Å². The highest BCUT2D eigenvalue weighted by molar-refractivity contribution is 7.99. The van der Waals surface area contributed by atoms with Crippen LogP contribution in [0.3, 0.4) is 0 Å². The van der Waals surface area contributed by atoms with Gasteiger partial charge in [0, 0.05) is 22.9 Å². The summed E-state index contributed by atoms with van der Waals surface area (Å²) in [5, 5.41) is 20.3. The van der Waals surface area contributed by atoms with Crippen molar-refractivity contribution < 1.29 is 9.84 Å². The molecule has 0 bridgehead atoms. The van der Waals surface area contributed by atoms with E-state index in [1.165, 1.54) is 11.8 Å². The van der Waals surface area contributed by atoms with Gasteiger partial charge in [-0.3, -0.25) is 4.57 Å². The Bertz CT molecular complexity index is 928. The molecule has 0 saturated heterocycles. The first-order chi connectivity index (χ1) is 13.6. The third-order valence-electron chi connectivity index (χ3n) is 4.06. The highest BCUT2D eigenvalue weighted by atomic mass is 35.5. The molecule has 5 nitrogen and oxygen atoms in total. The summed E-state index contributed by atoms with van der Waals surface area (Å²) in [7, 11) is 0. The van der Waals surface area contributed by atoms with Gasteiger partial charge in [0.05, 0.1) is 6.10 Å². The third-order valence-corrected chi connectivity index (χ3v) is 5.42. The summed E-state index contributed by atoms with van der Waals surface area (Å²) in [5.41, 5.74) is 1.97. The average molecular weight is 416 g/mol. The van der Waals surface area contributed by atoms with Gasteiger partial charge in [0.15, 0.2) is 11.0 Å². The molecule has 0 unspecified atom stereocenters. The minimum Gasteiger partial charge on any atom is -0.491 e. The molecule has 1 aromatic heterocycles. The van der Waals surface area contributed by atoms with Crippen LogP contribution in [0.25, 0.3) is 11.4 Å². The number of para-hydroxylation sites is 1. The maximum atomic E-state index is 10.3. The Morgan fingerprint density at radius 1 is 1.21 bits per heavy atom. The van der Waals surface area contributed by atoms with Crippen molar-refractivity contribution in [3.05, 3.63) is 71.8 Å². The van der Waals surface area contributed by atoms with Crippen LogP contribution in [-0.2, 0) is 6.54 Å². The van der Waals surface area contributed by atoms with Gasteiger partial charge >= 0.3 is 0 Å². The number of allylic oxidation sites excluding steroid dienone is 1. The summed E-state index contributed by atoms with van der Waals surface area (Å²) >= 11 is 7.41. The van der Waals surface area contributed by atoms with E-state index in [-0.39, 0.29) is 6.61 Å². The molecule has 28 heavy (non-hydrogen) atoms. The van der Waals surface area contributed by atoms with E-state index in [0.29, 0.717) is 17.3 Å². The highest BCUT2D eigenvalue weighted by Gasteiger charge is 2.16. The van der Waals surface area contributed by atoms with Gasteiger partial charge in [-0.2, -0.15) is 0 Å². The molecule has 3 rings (SSSR count). The molecular formula is C21H22ClN3O2S. The van der Waals surface area contributed by atoms with Gasteiger partial charge < -0.3 is 9.84 Å². The smallest absolute Gasteiger partial charge is 0.191 e. The molecule has 0 saturated carbocycles. The second-order valence-corrected chi connectivity index (χ2v) is 7.68. The van der Waals surface area contributed by atoms with Crippen molar-refractivity contribution in [1.82, 2.24) is 14.8 Å². The number of halogens is 1. The zero-order chi connectivity index (χ0) is 19.9. The number of ether oxygens (including phenoxy) is 1. The summed E-state index contributed by atoms with van der Waals surface area (Å²) in [6, 6.07) is 15.2. The Hall–Kier alpha value is -2.28. The van der Waals surface area contributed by atoms with E-state index in [2.05, 4.69) is 16.8 Å². The van der Waals surface area contributed by atoms with Crippen LogP contribution in [0.5, 0.6) is 5.75 Å². The molecule has 0 aliphatic heterocycles. The molecule has 0 aliphatic rings. The lowest BCUT2D eigenvalue weighted by molar-refractivity contribution is 0.126. The van der Waals surface area contributed by atoms with Crippen molar-refractivity contribution in [3.8, 4) is 17.1 Å². The Labute approximate surface area is 174 Å². The fraction of sp³-hybridized carbons (Fsp3) is 0.238. The molecule has 1 N–H and O–H groups in total.